The van der Waals surface area contributed by atoms with Crippen molar-refractivity contribution >= 4 is 0 Å². The van der Waals surface area contributed by atoms with Crippen molar-refractivity contribution in [2.24, 2.45) is 0 Å². The Kier molecular flexibility index (Phi) is 7.45. The maximum Gasteiger partial charge on any atom is 0.267 e. The van der Waals surface area contributed by atoms with E-state index in [-0.39, 0.29) is 17.4 Å². The molecular formula is C23H28F2O4. The standard InChI is InChI=1S/C23H28F2O4/c1-27-18-9-5-6-15(12-18)13-21(29-17-7-3-4-8-17)22(26)16-10-11-19(23(24)25)20(14-16)28-2/h5-6,9-12,14,17,21-23,26H,3-4,7-8,13H2,1-2H3/t21-,22+/m0/s1. The molecule has 0 heterocycles. The van der Waals surface area contributed by atoms with Gasteiger partial charge in [-0.25, -0.2) is 8.78 Å². The Morgan fingerprint density at radius 3 is 2.45 bits per heavy atom. The first kappa shape index (κ1) is 21.5. The predicted octanol–water partition coefficient (Wildman–Crippen LogP) is 5.25. The molecule has 2 aromatic rings. The van der Waals surface area contributed by atoms with Crippen LogP contribution in [0.5, 0.6) is 11.5 Å². The summed E-state index contributed by atoms with van der Waals surface area (Å²) in [6.07, 6.45) is 0.626. The minimum absolute atomic E-state index is 0.0672. The number of rotatable bonds is 9. The number of aliphatic hydroxyl groups is 1. The molecule has 1 aliphatic rings. The number of aliphatic hydroxyl groups excluding tert-OH is 1. The van der Waals surface area contributed by atoms with Crippen molar-refractivity contribution in [3.05, 3.63) is 59.2 Å². The van der Waals surface area contributed by atoms with E-state index >= 15 is 0 Å². The molecule has 0 unspecified atom stereocenters. The van der Waals surface area contributed by atoms with Crippen LogP contribution in [0.25, 0.3) is 0 Å². The molecule has 158 valence electrons. The zero-order chi connectivity index (χ0) is 20.8. The second kappa shape index (κ2) is 10.0. The number of alkyl halides is 2. The van der Waals surface area contributed by atoms with E-state index in [2.05, 4.69) is 0 Å². The maximum atomic E-state index is 13.2. The van der Waals surface area contributed by atoms with Crippen LogP contribution in [0, 0.1) is 0 Å². The molecule has 2 atom stereocenters. The van der Waals surface area contributed by atoms with E-state index in [9.17, 15) is 13.9 Å². The fourth-order valence-electron chi connectivity index (χ4n) is 3.84. The van der Waals surface area contributed by atoms with Gasteiger partial charge in [-0.15, -0.1) is 0 Å². The smallest absolute Gasteiger partial charge is 0.267 e. The highest BCUT2D eigenvalue weighted by molar-refractivity contribution is 5.39. The van der Waals surface area contributed by atoms with E-state index in [4.69, 9.17) is 14.2 Å². The summed E-state index contributed by atoms with van der Waals surface area (Å²) in [5.74, 6) is 0.803. The van der Waals surface area contributed by atoms with Gasteiger partial charge < -0.3 is 19.3 Å². The highest BCUT2D eigenvalue weighted by atomic mass is 19.3. The van der Waals surface area contributed by atoms with Crippen LogP contribution in [0.1, 0.15) is 54.9 Å². The summed E-state index contributed by atoms with van der Waals surface area (Å²) < 4.78 is 43.0. The SMILES string of the molecule is COc1cccc(C[C@H](OC2CCCC2)[C@H](O)c2ccc(C(F)F)c(OC)c2)c1. The Bertz CT molecular complexity index is 790. The highest BCUT2D eigenvalue weighted by Gasteiger charge is 2.28. The van der Waals surface area contributed by atoms with Gasteiger partial charge in [0.1, 0.15) is 17.6 Å². The Balaban J connectivity index is 1.85. The lowest BCUT2D eigenvalue weighted by atomic mass is 9.96. The van der Waals surface area contributed by atoms with Crippen molar-refractivity contribution in [1.29, 1.82) is 0 Å². The molecule has 0 bridgehead atoms. The first-order valence-corrected chi connectivity index (χ1v) is 9.94. The van der Waals surface area contributed by atoms with Gasteiger partial charge in [-0.2, -0.15) is 0 Å². The molecule has 1 aliphatic carbocycles. The van der Waals surface area contributed by atoms with Gasteiger partial charge in [0.15, 0.2) is 0 Å². The molecule has 0 spiro atoms. The third-order valence-electron chi connectivity index (χ3n) is 5.43. The van der Waals surface area contributed by atoms with Gasteiger partial charge in [0.2, 0.25) is 0 Å². The lowest BCUT2D eigenvalue weighted by molar-refractivity contribution is -0.0753. The number of benzene rings is 2. The Morgan fingerprint density at radius 2 is 1.79 bits per heavy atom. The predicted molar refractivity (Wildman–Crippen MR) is 107 cm³/mol. The van der Waals surface area contributed by atoms with Gasteiger partial charge in [0.25, 0.3) is 6.43 Å². The maximum absolute atomic E-state index is 13.2. The molecule has 0 aromatic heterocycles. The van der Waals surface area contributed by atoms with E-state index in [1.807, 2.05) is 24.3 Å². The van der Waals surface area contributed by atoms with E-state index in [1.165, 1.54) is 25.3 Å². The highest BCUT2D eigenvalue weighted by Crippen LogP contribution is 2.34. The van der Waals surface area contributed by atoms with Crippen LogP contribution in [0.3, 0.4) is 0 Å². The second-order valence-electron chi connectivity index (χ2n) is 7.38. The van der Waals surface area contributed by atoms with Crippen LogP contribution in [0.2, 0.25) is 0 Å². The minimum atomic E-state index is -2.64. The minimum Gasteiger partial charge on any atom is -0.497 e. The van der Waals surface area contributed by atoms with Crippen molar-refractivity contribution in [1.82, 2.24) is 0 Å². The zero-order valence-corrected chi connectivity index (χ0v) is 16.8. The van der Waals surface area contributed by atoms with E-state index < -0.39 is 18.6 Å². The zero-order valence-electron chi connectivity index (χ0n) is 16.8. The number of methoxy groups -OCH3 is 2. The van der Waals surface area contributed by atoms with Gasteiger partial charge in [-0.1, -0.05) is 31.0 Å². The fraction of sp³-hybridized carbons (Fsp3) is 0.478. The molecule has 1 N–H and O–H groups in total. The summed E-state index contributed by atoms with van der Waals surface area (Å²) in [5.41, 5.74) is 1.28. The molecule has 6 heteroatoms. The molecule has 0 radical (unpaired) electrons. The summed E-state index contributed by atoms with van der Waals surface area (Å²) in [6, 6.07) is 11.9. The van der Waals surface area contributed by atoms with Crippen LogP contribution in [-0.4, -0.2) is 31.5 Å². The monoisotopic (exact) mass is 406 g/mol. The van der Waals surface area contributed by atoms with Crippen molar-refractivity contribution < 1.29 is 28.1 Å². The topological polar surface area (TPSA) is 47.9 Å². The quantitative estimate of drug-likeness (QED) is 0.618. The van der Waals surface area contributed by atoms with Crippen LogP contribution in [0.15, 0.2) is 42.5 Å². The Morgan fingerprint density at radius 1 is 1.03 bits per heavy atom. The molecule has 0 saturated heterocycles. The molecule has 1 saturated carbocycles. The third-order valence-corrected chi connectivity index (χ3v) is 5.43. The van der Waals surface area contributed by atoms with E-state index in [0.29, 0.717) is 12.0 Å². The molecule has 2 aromatic carbocycles. The second-order valence-corrected chi connectivity index (χ2v) is 7.38. The molecule has 0 amide bonds. The van der Waals surface area contributed by atoms with Gasteiger partial charge in [-0.05, 0) is 48.2 Å². The van der Waals surface area contributed by atoms with Crippen molar-refractivity contribution in [2.75, 3.05) is 14.2 Å². The normalized spacial score (nSPS) is 16.8. The average molecular weight is 406 g/mol. The van der Waals surface area contributed by atoms with E-state index in [0.717, 1.165) is 37.0 Å². The first-order valence-electron chi connectivity index (χ1n) is 9.94. The molecule has 1 fully saturated rings. The molecule has 29 heavy (non-hydrogen) atoms. The average Bonchev–Trinajstić information content (AvgIpc) is 3.25. The van der Waals surface area contributed by atoms with Crippen LogP contribution < -0.4 is 9.47 Å². The fourth-order valence-corrected chi connectivity index (χ4v) is 3.84. The Labute approximate surface area is 170 Å². The number of hydrogen-bond acceptors (Lipinski definition) is 4. The summed E-state index contributed by atoms with van der Waals surface area (Å²) >= 11 is 0. The van der Waals surface area contributed by atoms with Gasteiger partial charge in [0.05, 0.1) is 32.0 Å². The van der Waals surface area contributed by atoms with Crippen molar-refractivity contribution in [3.8, 4) is 11.5 Å². The Hall–Kier alpha value is -2.18. The third kappa shape index (κ3) is 5.46. The van der Waals surface area contributed by atoms with Crippen LogP contribution >= 0.6 is 0 Å². The largest absolute Gasteiger partial charge is 0.497 e. The number of halogens is 2. The van der Waals surface area contributed by atoms with Gasteiger partial charge in [0, 0.05) is 6.42 Å². The molecule has 4 nitrogen and oxygen atoms in total. The summed E-state index contributed by atoms with van der Waals surface area (Å²) in [7, 11) is 2.96. The van der Waals surface area contributed by atoms with Gasteiger partial charge in [-0.3, -0.25) is 0 Å². The van der Waals surface area contributed by atoms with E-state index in [1.54, 1.807) is 7.11 Å². The number of hydrogen-bond donors (Lipinski definition) is 1. The van der Waals surface area contributed by atoms with Crippen LogP contribution in [0.4, 0.5) is 8.78 Å². The molecular weight excluding hydrogens is 378 g/mol. The van der Waals surface area contributed by atoms with Crippen molar-refractivity contribution in [3.63, 3.8) is 0 Å². The number of ether oxygens (including phenoxy) is 3. The summed E-state index contributed by atoms with van der Waals surface area (Å²) in [6.45, 7) is 0. The van der Waals surface area contributed by atoms with Gasteiger partial charge >= 0.3 is 0 Å². The summed E-state index contributed by atoms with van der Waals surface area (Å²) in [5, 5.41) is 11.1. The summed E-state index contributed by atoms with van der Waals surface area (Å²) in [4.78, 5) is 0. The van der Waals surface area contributed by atoms with Crippen molar-refractivity contribution in [2.45, 2.75) is 56.8 Å². The van der Waals surface area contributed by atoms with Crippen LogP contribution in [-0.2, 0) is 11.2 Å². The lowest BCUT2D eigenvalue weighted by Gasteiger charge is -2.27. The lowest BCUT2D eigenvalue weighted by Crippen LogP contribution is -2.29. The molecule has 3 rings (SSSR count). The first-order chi connectivity index (χ1) is 14.0. The molecule has 0 aliphatic heterocycles.